The van der Waals surface area contributed by atoms with Crippen LogP contribution in [0.2, 0.25) is 0 Å². The predicted octanol–water partition coefficient (Wildman–Crippen LogP) is 5.28. The zero-order chi connectivity index (χ0) is 16.3. The normalized spacial score (nSPS) is 17.0. The van der Waals surface area contributed by atoms with E-state index in [1.54, 1.807) is 23.5 Å². The fourth-order valence-corrected chi connectivity index (χ4v) is 4.36. The maximum absolute atomic E-state index is 11.7. The van der Waals surface area contributed by atoms with E-state index < -0.39 is 0 Å². The van der Waals surface area contributed by atoms with Crippen molar-refractivity contribution in [2.45, 2.75) is 38.7 Å². The summed E-state index contributed by atoms with van der Waals surface area (Å²) in [6, 6.07) is 0. The Morgan fingerprint density at radius 3 is 2.13 bits per heavy atom. The topological polar surface area (TPSA) is 38.3 Å². The largest absolute Gasteiger partial charge is 0.444 e. The molecule has 0 radical (unpaired) electrons. The molecule has 23 heavy (non-hydrogen) atoms. The molecule has 0 aromatic carbocycles. The van der Waals surface area contributed by atoms with Gasteiger partial charge in [-0.2, -0.15) is 0 Å². The van der Waals surface area contributed by atoms with Gasteiger partial charge in [-0.1, -0.05) is 36.5 Å². The number of nitrogens with one attached hydrogen (secondary N) is 1. The lowest BCUT2D eigenvalue weighted by Gasteiger charge is -2.19. The monoisotopic (exact) mass is 353 g/mol. The number of hydrogen-bond donors (Lipinski definition) is 1. The number of hydrogen-bond acceptors (Lipinski definition) is 4. The van der Waals surface area contributed by atoms with E-state index in [0.29, 0.717) is 6.54 Å². The van der Waals surface area contributed by atoms with Crippen LogP contribution in [0.4, 0.5) is 4.79 Å². The minimum atomic E-state index is -0.319. The molecule has 0 bridgehead atoms. The van der Waals surface area contributed by atoms with Crippen LogP contribution in [0, 0.1) is 0 Å². The summed E-state index contributed by atoms with van der Waals surface area (Å²) in [7, 11) is 0. The third kappa shape index (κ3) is 7.36. The van der Waals surface area contributed by atoms with Crippen LogP contribution >= 0.6 is 23.5 Å². The zero-order valence-corrected chi connectivity index (χ0v) is 15.3. The van der Waals surface area contributed by atoms with Crippen LogP contribution in [0.15, 0.2) is 46.3 Å². The van der Waals surface area contributed by atoms with Crippen molar-refractivity contribution in [1.82, 2.24) is 5.32 Å². The average molecular weight is 354 g/mol. The summed E-state index contributed by atoms with van der Waals surface area (Å²) >= 11 is 3.54. The molecule has 0 heterocycles. The Morgan fingerprint density at radius 2 is 1.70 bits per heavy atom. The molecular formula is C18H27NO2S2. The minimum absolute atomic E-state index is 0. The summed E-state index contributed by atoms with van der Waals surface area (Å²) < 4.78 is 5.58. The summed E-state index contributed by atoms with van der Waals surface area (Å²) in [5, 5.41) is 2.72. The number of ether oxygens (including phenoxy) is 1. The second kappa shape index (κ2) is 10.7. The molecule has 2 aliphatic carbocycles. The fourth-order valence-electron chi connectivity index (χ4n) is 2.22. The maximum Gasteiger partial charge on any atom is 0.407 e. The molecular weight excluding hydrogens is 326 g/mol. The van der Waals surface area contributed by atoms with Gasteiger partial charge in [-0.15, -0.1) is 23.5 Å². The first-order chi connectivity index (χ1) is 11.3. The first-order valence-electron chi connectivity index (χ1n) is 8.21. The SMILES string of the molecule is CCNC(=O)OC(CSC1=CCCC=C1)CSC1=CCCC=C1.[HH]. The van der Waals surface area contributed by atoms with Crippen molar-refractivity contribution in [2.75, 3.05) is 18.1 Å². The summed E-state index contributed by atoms with van der Waals surface area (Å²) in [5.74, 6) is 1.58. The van der Waals surface area contributed by atoms with Gasteiger partial charge in [0.1, 0.15) is 6.10 Å². The maximum atomic E-state index is 11.7. The molecule has 2 rings (SSSR count). The summed E-state index contributed by atoms with van der Waals surface area (Å²) in [4.78, 5) is 14.3. The summed E-state index contributed by atoms with van der Waals surface area (Å²) in [6.07, 6.45) is 17.3. The van der Waals surface area contributed by atoms with Crippen LogP contribution in [0.5, 0.6) is 0 Å². The van der Waals surface area contributed by atoms with Crippen molar-refractivity contribution in [3.63, 3.8) is 0 Å². The molecule has 2 aliphatic rings. The summed E-state index contributed by atoms with van der Waals surface area (Å²) in [5.41, 5.74) is 0. The Hall–Kier alpha value is -1.07. The quantitative estimate of drug-likeness (QED) is 0.644. The van der Waals surface area contributed by atoms with Crippen LogP contribution in [0.25, 0.3) is 0 Å². The Bertz CT molecular complexity index is 479. The minimum Gasteiger partial charge on any atom is -0.444 e. The molecule has 0 aromatic heterocycles. The van der Waals surface area contributed by atoms with Gasteiger partial charge in [0, 0.05) is 29.3 Å². The second-order valence-electron chi connectivity index (χ2n) is 5.35. The van der Waals surface area contributed by atoms with Gasteiger partial charge in [0.2, 0.25) is 0 Å². The van der Waals surface area contributed by atoms with Crippen LogP contribution < -0.4 is 5.32 Å². The van der Waals surface area contributed by atoms with Crippen molar-refractivity contribution in [2.24, 2.45) is 0 Å². The van der Waals surface area contributed by atoms with Gasteiger partial charge < -0.3 is 10.1 Å². The van der Waals surface area contributed by atoms with Gasteiger partial charge in [-0.05, 0) is 32.6 Å². The average Bonchev–Trinajstić information content (AvgIpc) is 2.59. The molecule has 0 aliphatic heterocycles. The third-order valence-corrected chi connectivity index (χ3v) is 5.74. The lowest BCUT2D eigenvalue weighted by Crippen LogP contribution is -2.31. The van der Waals surface area contributed by atoms with Crippen LogP contribution in [0.1, 0.15) is 34.0 Å². The molecule has 0 unspecified atom stereocenters. The molecule has 3 nitrogen and oxygen atoms in total. The molecule has 0 atom stereocenters. The molecule has 0 saturated heterocycles. The molecule has 0 aromatic rings. The highest BCUT2D eigenvalue weighted by Crippen LogP contribution is 2.27. The van der Waals surface area contributed by atoms with E-state index >= 15 is 0 Å². The van der Waals surface area contributed by atoms with Crippen molar-refractivity contribution in [1.29, 1.82) is 0 Å². The zero-order valence-electron chi connectivity index (χ0n) is 13.6. The highest BCUT2D eigenvalue weighted by atomic mass is 32.2. The van der Waals surface area contributed by atoms with Crippen LogP contribution in [-0.4, -0.2) is 30.2 Å². The number of amides is 1. The van der Waals surface area contributed by atoms with E-state index in [1.165, 1.54) is 9.81 Å². The van der Waals surface area contributed by atoms with E-state index in [4.69, 9.17) is 4.74 Å². The van der Waals surface area contributed by atoms with Crippen molar-refractivity contribution >= 4 is 29.6 Å². The smallest absolute Gasteiger partial charge is 0.407 e. The highest BCUT2D eigenvalue weighted by Gasteiger charge is 2.16. The van der Waals surface area contributed by atoms with Gasteiger partial charge in [-0.25, -0.2) is 4.79 Å². The van der Waals surface area contributed by atoms with E-state index in [2.05, 4.69) is 41.8 Å². The molecule has 0 spiro atoms. The number of thioether (sulfide) groups is 2. The number of carbonyl (C=O) groups excluding carboxylic acids is 1. The van der Waals surface area contributed by atoms with Crippen molar-refractivity contribution in [3.05, 3.63) is 46.3 Å². The number of alkyl carbamates (subject to hydrolysis) is 1. The molecule has 1 amide bonds. The molecule has 0 fully saturated rings. The number of rotatable bonds is 8. The van der Waals surface area contributed by atoms with E-state index in [0.717, 1.165) is 37.2 Å². The van der Waals surface area contributed by atoms with Gasteiger partial charge in [0.05, 0.1) is 0 Å². The standard InChI is InChI=1S/C18H25NO2S2.H2/c1-2-19-18(20)21-15(13-22-16-9-5-3-6-10-16)14-23-17-11-7-4-8-12-17;/h5,7,9-12,15H,2-4,6,8,13-14H2,1H3,(H,19,20);1H. The lowest BCUT2D eigenvalue weighted by molar-refractivity contribution is 0.120. The Kier molecular flexibility index (Phi) is 8.47. The van der Waals surface area contributed by atoms with Crippen molar-refractivity contribution < 1.29 is 11.0 Å². The second-order valence-corrected chi connectivity index (χ2v) is 7.54. The van der Waals surface area contributed by atoms with Gasteiger partial charge in [0.15, 0.2) is 0 Å². The fraction of sp³-hybridized carbons (Fsp3) is 0.500. The van der Waals surface area contributed by atoms with E-state index in [1.807, 2.05) is 6.92 Å². The van der Waals surface area contributed by atoms with Crippen LogP contribution in [0.3, 0.4) is 0 Å². The first-order valence-corrected chi connectivity index (χ1v) is 10.2. The lowest BCUT2D eigenvalue weighted by atomic mass is 10.2. The Balaban J connectivity index is 0.00000288. The van der Waals surface area contributed by atoms with E-state index in [9.17, 15) is 4.79 Å². The van der Waals surface area contributed by atoms with E-state index in [-0.39, 0.29) is 13.6 Å². The molecule has 128 valence electrons. The van der Waals surface area contributed by atoms with Crippen molar-refractivity contribution in [3.8, 4) is 0 Å². The number of carbonyl (C=O) groups is 1. The first kappa shape index (κ1) is 18.3. The highest BCUT2D eigenvalue weighted by molar-refractivity contribution is 8.04. The van der Waals surface area contributed by atoms with Gasteiger partial charge in [-0.3, -0.25) is 0 Å². The molecule has 0 saturated carbocycles. The number of allylic oxidation sites excluding steroid dienone is 6. The third-order valence-electron chi connectivity index (χ3n) is 3.39. The van der Waals surface area contributed by atoms with Crippen LogP contribution in [-0.2, 0) is 4.74 Å². The molecule has 5 heteroatoms. The Morgan fingerprint density at radius 1 is 1.13 bits per heavy atom. The van der Waals surface area contributed by atoms with Gasteiger partial charge in [0.25, 0.3) is 0 Å². The Labute approximate surface area is 149 Å². The molecule has 1 N–H and O–H groups in total. The predicted molar refractivity (Wildman–Crippen MR) is 104 cm³/mol. The summed E-state index contributed by atoms with van der Waals surface area (Å²) in [6.45, 7) is 2.49. The van der Waals surface area contributed by atoms with Gasteiger partial charge >= 0.3 is 6.09 Å².